The quantitative estimate of drug-likeness (QED) is 0.687. The molecule has 0 atom stereocenters. The van der Waals surface area contributed by atoms with E-state index in [4.69, 9.17) is 4.84 Å². The van der Waals surface area contributed by atoms with Crippen LogP contribution in [0, 0.1) is 0 Å². The van der Waals surface area contributed by atoms with Gasteiger partial charge in [0, 0.05) is 29.9 Å². The van der Waals surface area contributed by atoms with Gasteiger partial charge in [-0.1, -0.05) is 6.07 Å². The van der Waals surface area contributed by atoms with E-state index in [1.807, 2.05) is 35.7 Å². The Kier molecular flexibility index (Phi) is 5.37. The fourth-order valence-corrected chi connectivity index (χ4v) is 2.98. The minimum Gasteiger partial charge on any atom is -0.379 e. The molecule has 0 aliphatic heterocycles. The Morgan fingerprint density at radius 1 is 1.24 bits per heavy atom. The number of benzene rings is 1. The van der Waals surface area contributed by atoms with Crippen LogP contribution < -0.4 is 5.32 Å². The van der Waals surface area contributed by atoms with Gasteiger partial charge in [-0.15, -0.1) is 11.3 Å². The zero-order valence-electron chi connectivity index (χ0n) is 14.0. The van der Waals surface area contributed by atoms with Crippen LogP contribution in [0.3, 0.4) is 0 Å². The Bertz CT molecular complexity index is 834. The minimum atomic E-state index is -0.187. The molecule has 3 aromatic rings. The summed E-state index contributed by atoms with van der Waals surface area (Å²) in [7, 11) is 3.04. The summed E-state index contributed by atoms with van der Waals surface area (Å²) < 4.78 is 0. The molecule has 2 aromatic heterocycles. The summed E-state index contributed by atoms with van der Waals surface area (Å²) in [6.45, 7) is 0.606. The van der Waals surface area contributed by atoms with Crippen molar-refractivity contribution < 1.29 is 9.63 Å². The van der Waals surface area contributed by atoms with Crippen LogP contribution >= 0.6 is 11.3 Å². The van der Waals surface area contributed by atoms with Crippen LogP contribution in [0.1, 0.15) is 16.1 Å². The van der Waals surface area contributed by atoms with Gasteiger partial charge in [0.2, 0.25) is 0 Å². The van der Waals surface area contributed by atoms with Crippen LogP contribution in [0.5, 0.6) is 0 Å². The maximum absolute atomic E-state index is 12.0. The second-order valence-electron chi connectivity index (χ2n) is 5.28. The molecular weight excluding hydrogens is 336 g/mol. The van der Waals surface area contributed by atoms with Crippen molar-refractivity contribution in [3.63, 3.8) is 0 Å². The molecule has 0 unspecified atom stereocenters. The average molecular weight is 354 g/mol. The maximum atomic E-state index is 12.0. The predicted molar refractivity (Wildman–Crippen MR) is 98.2 cm³/mol. The number of hydroxylamine groups is 2. The number of carbonyl (C=O) groups is 1. The molecule has 0 spiro atoms. The molecule has 7 heteroatoms. The van der Waals surface area contributed by atoms with E-state index in [0.717, 1.165) is 22.1 Å². The summed E-state index contributed by atoms with van der Waals surface area (Å²) in [6.07, 6.45) is 1.76. The number of carbonyl (C=O) groups excluding carboxylic acids is 1. The molecule has 1 N–H and O–H groups in total. The van der Waals surface area contributed by atoms with Crippen molar-refractivity contribution in [3.8, 4) is 10.7 Å². The Morgan fingerprint density at radius 3 is 2.72 bits per heavy atom. The number of nitrogens with one attached hydrogen (secondary N) is 1. The van der Waals surface area contributed by atoms with Gasteiger partial charge in [-0.05, 0) is 36.4 Å². The zero-order chi connectivity index (χ0) is 17.6. The number of amides is 1. The van der Waals surface area contributed by atoms with Crippen molar-refractivity contribution in [3.05, 3.63) is 65.3 Å². The number of pyridine rings is 1. The van der Waals surface area contributed by atoms with E-state index in [2.05, 4.69) is 15.3 Å². The summed E-state index contributed by atoms with van der Waals surface area (Å²) in [5.74, 6) is -0.187. The van der Waals surface area contributed by atoms with Gasteiger partial charge >= 0.3 is 0 Å². The fraction of sp³-hybridized carbons (Fsp3) is 0.167. The standard InChI is InChI=1S/C18H18N4O2S/c1-22(24-2)18(23)13-6-8-14(9-7-13)20-11-15-12-25-17(21-15)16-5-3-4-10-19-16/h3-10,12,20H,11H2,1-2H3. The monoisotopic (exact) mass is 354 g/mol. The van der Waals surface area contributed by atoms with Crippen molar-refractivity contribution in [2.24, 2.45) is 0 Å². The van der Waals surface area contributed by atoms with Crippen LogP contribution in [0.25, 0.3) is 10.7 Å². The highest BCUT2D eigenvalue weighted by Crippen LogP contribution is 2.22. The van der Waals surface area contributed by atoms with Gasteiger partial charge in [0.25, 0.3) is 5.91 Å². The molecule has 1 aromatic carbocycles. The highest BCUT2D eigenvalue weighted by molar-refractivity contribution is 7.13. The number of hydrogen-bond acceptors (Lipinski definition) is 6. The Morgan fingerprint density at radius 2 is 2.04 bits per heavy atom. The second kappa shape index (κ2) is 7.87. The fourth-order valence-electron chi connectivity index (χ4n) is 2.18. The van der Waals surface area contributed by atoms with Gasteiger partial charge in [0.1, 0.15) is 5.01 Å². The van der Waals surface area contributed by atoms with E-state index in [1.165, 1.54) is 12.2 Å². The van der Waals surface area contributed by atoms with Crippen LogP contribution in [0.2, 0.25) is 0 Å². The van der Waals surface area contributed by atoms with Gasteiger partial charge in [-0.3, -0.25) is 14.6 Å². The van der Waals surface area contributed by atoms with Crippen molar-refractivity contribution in [2.75, 3.05) is 19.5 Å². The highest BCUT2D eigenvalue weighted by Gasteiger charge is 2.11. The van der Waals surface area contributed by atoms with Crippen LogP contribution in [-0.4, -0.2) is 35.1 Å². The van der Waals surface area contributed by atoms with E-state index >= 15 is 0 Å². The first-order chi connectivity index (χ1) is 12.2. The van der Waals surface area contributed by atoms with E-state index in [1.54, 1.807) is 36.7 Å². The molecule has 3 rings (SSSR count). The first-order valence-electron chi connectivity index (χ1n) is 7.69. The number of nitrogens with zero attached hydrogens (tertiary/aromatic N) is 3. The Labute approximate surface area is 150 Å². The Hall–Kier alpha value is -2.77. The molecule has 0 saturated carbocycles. The number of rotatable bonds is 6. The normalized spacial score (nSPS) is 10.5. The SMILES string of the molecule is CON(C)C(=O)c1ccc(NCc2csc(-c3ccccn3)n2)cc1. The molecular formula is C18H18N4O2S. The van der Waals surface area contributed by atoms with Crippen molar-refractivity contribution >= 4 is 22.9 Å². The summed E-state index contributed by atoms with van der Waals surface area (Å²) >= 11 is 1.57. The number of anilines is 1. The van der Waals surface area contributed by atoms with Gasteiger partial charge in [-0.25, -0.2) is 10.0 Å². The molecule has 0 radical (unpaired) electrons. The highest BCUT2D eigenvalue weighted by atomic mass is 32.1. The average Bonchev–Trinajstić information content (AvgIpc) is 3.15. The van der Waals surface area contributed by atoms with Crippen molar-refractivity contribution in [1.29, 1.82) is 0 Å². The number of aromatic nitrogens is 2. The number of thiazole rings is 1. The molecule has 0 aliphatic rings. The van der Waals surface area contributed by atoms with Gasteiger partial charge in [-0.2, -0.15) is 0 Å². The van der Waals surface area contributed by atoms with E-state index in [0.29, 0.717) is 12.1 Å². The topological polar surface area (TPSA) is 67.3 Å². The van der Waals surface area contributed by atoms with Crippen LogP contribution in [-0.2, 0) is 11.4 Å². The molecule has 128 valence electrons. The predicted octanol–water partition coefficient (Wildman–Crippen LogP) is 3.45. The lowest BCUT2D eigenvalue weighted by molar-refractivity contribution is -0.0756. The molecule has 1 amide bonds. The first kappa shape index (κ1) is 17.1. The van der Waals surface area contributed by atoms with Crippen LogP contribution in [0.4, 0.5) is 5.69 Å². The third kappa shape index (κ3) is 4.20. The molecule has 25 heavy (non-hydrogen) atoms. The lowest BCUT2D eigenvalue weighted by Crippen LogP contribution is -2.25. The molecule has 0 aliphatic carbocycles. The van der Waals surface area contributed by atoms with E-state index < -0.39 is 0 Å². The van der Waals surface area contributed by atoms with E-state index in [9.17, 15) is 4.79 Å². The van der Waals surface area contributed by atoms with Gasteiger partial charge in [0.15, 0.2) is 0 Å². The molecule has 2 heterocycles. The molecule has 0 bridgehead atoms. The van der Waals surface area contributed by atoms with E-state index in [-0.39, 0.29) is 5.91 Å². The first-order valence-corrected chi connectivity index (χ1v) is 8.57. The summed E-state index contributed by atoms with van der Waals surface area (Å²) in [5, 5.41) is 7.41. The lowest BCUT2D eigenvalue weighted by atomic mass is 10.2. The largest absolute Gasteiger partial charge is 0.379 e. The van der Waals surface area contributed by atoms with Crippen molar-refractivity contribution in [1.82, 2.24) is 15.0 Å². The number of hydrogen-bond donors (Lipinski definition) is 1. The van der Waals surface area contributed by atoms with Gasteiger partial charge < -0.3 is 5.32 Å². The molecule has 6 nitrogen and oxygen atoms in total. The van der Waals surface area contributed by atoms with Crippen LogP contribution in [0.15, 0.2) is 54.0 Å². The van der Waals surface area contributed by atoms with Crippen molar-refractivity contribution in [2.45, 2.75) is 6.54 Å². The molecule has 0 saturated heterocycles. The summed E-state index contributed by atoms with van der Waals surface area (Å²) in [4.78, 5) is 25.8. The summed E-state index contributed by atoms with van der Waals surface area (Å²) in [6, 6.07) is 13.0. The maximum Gasteiger partial charge on any atom is 0.277 e. The smallest absolute Gasteiger partial charge is 0.277 e. The second-order valence-corrected chi connectivity index (χ2v) is 6.13. The lowest BCUT2D eigenvalue weighted by Gasteiger charge is -2.13. The third-order valence-corrected chi connectivity index (χ3v) is 4.51. The minimum absolute atomic E-state index is 0.187. The van der Waals surface area contributed by atoms with Gasteiger partial charge in [0.05, 0.1) is 25.0 Å². The molecule has 0 fully saturated rings. The Balaban J connectivity index is 1.61. The summed E-state index contributed by atoms with van der Waals surface area (Å²) in [5.41, 5.74) is 3.32. The third-order valence-electron chi connectivity index (χ3n) is 3.60. The zero-order valence-corrected chi connectivity index (χ0v) is 14.8.